The molecule has 1 aromatic rings. The van der Waals surface area contributed by atoms with Crippen LogP contribution in [0.1, 0.15) is 36.8 Å². The normalized spacial score (nSPS) is 27.6. The molecule has 0 bridgehead atoms. The fraction of sp³-hybridized carbons (Fsp3) is 0.588. The number of carbonyl (C=O) groups excluding carboxylic acids is 1. The van der Waals surface area contributed by atoms with Gasteiger partial charge in [-0.2, -0.15) is 0 Å². The second kappa shape index (κ2) is 6.37. The Balaban J connectivity index is 0.00000161. The van der Waals surface area contributed by atoms with Crippen LogP contribution in [-0.4, -0.2) is 19.0 Å². The van der Waals surface area contributed by atoms with Gasteiger partial charge < -0.3 is 10.6 Å². The zero-order valence-corrected chi connectivity index (χ0v) is 13.7. The Hall–Kier alpha value is -1.06. The first kappa shape index (κ1) is 16.3. The Morgan fingerprint density at radius 3 is 2.67 bits per heavy atom. The van der Waals surface area contributed by atoms with Gasteiger partial charge in [0.15, 0.2) is 0 Å². The van der Waals surface area contributed by atoms with Crippen molar-refractivity contribution in [2.24, 2.45) is 11.3 Å². The number of halogens is 1. The lowest BCUT2D eigenvalue weighted by Gasteiger charge is -2.37. The van der Waals surface area contributed by atoms with Gasteiger partial charge in [-0.25, -0.2) is 0 Å². The molecule has 2 aliphatic rings. The molecule has 2 N–H and O–H groups in total. The van der Waals surface area contributed by atoms with E-state index in [0.717, 1.165) is 25.2 Å². The van der Waals surface area contributed by atoms with Crippen molar-refractivity contribution in [3.8, 4) is 0 Å². The van der Waals surface area contributed by atoms with Crippen molar-refractivity contribution in [3.63, 3.8) is 0 Å². The minimum Gasteiger partial charge on any atom is -0.326 e. The molecular formula is C17H25ClN2O. The number of carbonyl (C=O) groups is 1. The van der Waals surface area contributed by atoms with E-state index in [9.17, 15) is 4.79 Å². The summed E-state index contributed by atoms with van der Waals surface area (Å²) in [5.41, 5.74) is 3.17. The zero-order chi connectivity index (χ0) is 14.2. The number of hydrogen-bond acceptors (Lipinski definition) is 2. The van der Waals surface area contributed by atoms with Crippen LogP contribution in [-0.2, 0) is 4.79 Å². The van der Waals surface area contributed by atoms with Gasteiger partial charge in [-0.3, -0.25) is 4.79 Å². The van der Waals surface area contributed by atoms with Crippen molar-refractivity contribution < 1.29 is 4.79 Å². The molecule has 1 saturated heterocycles. The molecule has 3 rings (SSSR count). The number of anilines is 1. The molecule has 2 fully saturated rings. The van der Waals surface area contributed by atoms with Crippen molar-refractivity contribution in [1.82, 2.24) is 5.32 Å². The number of rotatable bonds is 2. The predicted molar refractivity (Wildman–Crippen MR) is 89.1 cm³/mol. The highest BCUT2D eigenvalue weighted by atomic mass is 35.5. The first-order valence-electron chi connectivity index (χ1n) is 7.71. The number of nitrogens with one attached hydrogen (secondary N) is 2. The van der Waals surface area contributed by atoms with Crippen LogP contribution in [0.25, 0.3) is 0 Å². The summed E-state index contributed by atoms with van der Waals surface area (Å²) in [4.78, 5) is 12.8. The molecule has 1 saturated carbocycles. The molecule has 0 unspecified atom stereocenters. The third-order valence-corrected chi connectivity index (χ3v) is 4.97. The van der Waals surface area contributed by atoms with E-state index in [4.69, 9.17) is 0 Å². The van der Waals surface area contributed by atoms with Gasteiger partial charge in [0.25, 0.3) is 0 Å². The van der Waals surface area contributed by atoms with Crippen molar-refractivity contribution in [1.29, 1.82) is 0 Å². The van der Waals surface area contributed by atoms with E-state index in [1.54, 1.807) is 0 Å². The molecule has 0 aromatic heterocycles. The lowest BCUT2D eigenvalue weighted by molar-refractivity contribution is -0.128. The summed E-state index contributed by atoms with van der Waals surface area (Å²) in [6.45, 7) is 5.98. The highest BCUT2D eigenvalue weighted by molar-refractivity contribution is 5.96. The predicted octanol–water partition coefficient (Wildman–Crippen LogP) is 3.44. The third-order valence-electron chi connectivity index (χ3n) is 4.97. The molecule has 0 spiro atoms. The summed E-state index contributed by atoms with van der Waals surface area (Å²) >= 11 is 0. The molecule has 4 heteroatoms. The van der Waals surface area contributed by atoms with E-state index in [1.807, 2.05) is 0 Å². The van der Waals surface area contributed by atoms with Crippen molar-refractivity contribution >= 4 is 24.0 Å². The first-order valence-corrected chi connectivity index (χ1v) is 7.71. The van der Waals surface area contributed by atoms with Gasteiger partial charge in [0.05, 0.1) is 5.41 Å². The highest BCUT2D eigenvalue weighted by Crippen LogP contribution is 2.44. The van der Waals surface area contributed by atoms with Gasteiger partial charge in [-0.05, 0) is 62.4 Å². The lowest BCUT2D eigenvalue weighted by atomic mass is 9.67. The van der Waals surface area contributed by atoms with E-state index in [-0.39, 0.29) is 23.7 Å². The molecule has 21 heavy (non-hydrogen) atoms. The smallest absolute Gasteiger partial charge is 0.232 e. The standard InChI is InChI=1S/C17H24N2O.ClH/c1-12-7-13(2)9-15(8-12)19-16(20)17-6-4-3-5-14(17)10-18-11-17;/h7-9,14,18H,3-6,10-11H2,1-2H3,(H,19,20);1H/t14-,17+;/m0./s1. The molecule has 0 radical (unpaired) electrons. The quantitative estimate of drug-likeness (QED) is 0.878. The summed E-state index contributed by atoms with van der Waals surface area (Å²) < 4.78 is 0. The Labute approximate surface area is 133 Å². The number of amides is 1. The van der Waals surface area contributed by atoms with E-state index < -0.39 is 0 Å². The van der Waals surface area contributed by atoms with Gasteiger partial charge in [0.1, 0.15) is 0 Å². The summed E-state index contributed by atoms with van der Waals surface area (Å²) in [5.74, 6) is 0.736. The Bertz CT molecular complexity index is 511. The Morgan fingerprint density at radius 1 is 1.24 bits per heavy atom. The van der Waals surface area contributed by atoms with Crippen LogP contribution < -0.4 is 10.6 Å². The Kier molecular flexibility index (Phi) is 4.95. The van der Waals surface area contributed by atoms with E-state index in [1.165, 1.54) is 30.4 Å². The molecule has 1 aliphatic carbocycles. The van der Waals surface area contributed by atoms with Gasteiger partial charge in [-0.15, -0.1) is 12.4 Å². The minimum absolute atomic E-state index is 0. The highest BCUT2D eigenvalue weighted by Gasteiger charge is 2.49. The second-order valence-corrected chi connectivity index (χ2v) is 6.56. The van der Waals surface area contributed by atoms with Crippen molar-refractivity contribution in [2.75, 3.05) is 18.4 Å². The second-order valence-electron chi connectivity index (χ2n) is 6.56. The average Bonchev–Trinajstić information content (AvgIpc) is 2.82. The maximum Gasteiger partial charge on any atom is 0.232 e. The van der Waals surface area contributed by atoms with Crippen LogP contribution in [0.3, 0.4) is 0 Å². The third kappa shape index (κ3) is 3.09. The van der Waals surface area contributed by atoms with Crippen molar-refractivity contribution in [2.45, 2.75) is 39.5 Å². The molecule has 1 aromatic carbocycles. The summed E-state index contributed by atoms with van der Waals surface area (Å²) in [6, 6.07) is 6.25. The average molecular weight is 309 g/mol. The van der Waals surface area contributed by atoms with Crippen LogP contribution in [0.15, 0.2) is 18.2 Å². The molecular weight excluding hydrogens is 284 g/mol. The minimum atomic E-state index is -0.171. The largest absolute Gasteiger partial charge is 0.326 e. The molecule has 1 aliphatic heterocycles. The maximum atomic E-state index is 12.8. The number of benzene rings is 1. The lowest BCUT2D eigenvalue weighted by Crippen LogP contribution is -2.44. The van der Waals surface area contributed by atoms with Gasteiger partial charge in [0.2, 0.25) is 5.91 Å². The monoisotopic (exact) mass is 308 g/mol. The van der Waals surface area contributed by atoms with Gasteiger partial charge in [0, 0.05) is 12.2 Å². The molecule has 1 heterocycles. The maximum absolute atomic E-state index is 12.8. The summed E-state index contributed by atoms with van der Waals surface area (Å²) in [7, 11) is 0. The fourth-order valence-electron chi connectivity index (χ4n) is 3.99. The topological polar surface area (TPSA) is 41.1 Å². The van der Waals surface area contributed by atoms with E-state index in [2.05, 4.69) is 42.7 Å². The first-order chi connectivity index (χ1) is 9.60. The molecule has 3 nitrogen and oxygen atoms in total. The molecule has 116 valence electrons. The summed E-state index contributed by atoms with van der Waals surface area (Å²) in [6.07, 6.45) is 4.66. The number of hydrogen-bond donors (Lipinski definition) is 2. The van der Waals surface area contributed by atoms with Crippen LogP contribution in [0, 0.1) is 25.2 Å². The van der Waals surface area contributed by atoms with Crippen LogP contribution in [0.5, 0.6) is 0 Å². The van der Waals surface area contributed by atoms with Crippen LogP contribution >= 0.6 is 12.4 Å². The number of aryl methyl sites for hydroxylation is 2. The SMILES string of the molecule is Cc1cc(C)cc(NC(=O)[C@@]23CCCC[C@H]2CNC3)c1.Cl. The molecule has 2 atom stereocenters. The van der Waals surface area contributed by atoms with Crippen LogP contribution in [0.2, 0.25) is 0 Å². The molecule has 1 amide bonds. The fourth-order valence-corrected chi connectivity index (χ4v) is 3.99. The van der Waals surface area contributed by atoms with Crippen LogP contribution in [0.4, 0.5) is 5.69 Å². The van der Waals surface area contributed by atoms with E-state index in [0.29, 0.717) is 5.92 Å². The number of fused-ring (bicyclic) bond motifs is 1. The van der Waals surface area contributed by atoms with Crippen molar-refractivity contribution in [3.05, 3.63) is 29.3 Å². The van der Waals surface area contributed by atoms with Gasteiger partial charge in [-0.1, -0.05) is 18.9 Å². The Morgan fingerprint density at radius 2 is 1.95 bits per heavy atom. The summed E-state index contributed by atoms with van der Waals surface area (Å²) in [5, 5.41) is 6.61. The zero-order valence-electron chi connectivity index (χ0n) is 12.9. The van der Waals surface area contributed by atoms with Gasteiger partial charge >= 0.3 is 0 Å². The van der Waals surface area contributed by atoms with E-state index >= 15 is 0 Å².